The monoisotopic (exact) mass is 337 g/mol. The fourth-order valence-corrected chi connectivity index (χ4v) is 2.67. The van der Waals surface area contributed by atoms with Crippen LogP contribution in [0.15, 0.2) is 59.8 Å². The summed E-state index contributed by atoms with van der Waals surface area (Å²) in [6, 6.07) is 13.7. The second-order valence-electron chi connectivity index (χ2n) is 5.80. The van der Waals surface area contributed by atoms with Crippen LogP contribution in [0.25, 0.3) is 0 Å². The van der Waals surface area contributed by atoms with Gasteiger partial charge in [0.2, 0.25) is 5.91 Å². The Kier molecular flexibility index (Phi) is 4.74. The van der Waals surface area contributed by atoms with Gasteiger partial charge in [-0.05, 0) is 31.2 Å². The predicted molar refractivity (Wildman–Crippen MR) is 94.8 cm³/mol. The average molecular weight is 337 g/mol. The number of nitrogens with one attached hydrogen (secondary N) is 1. The van der Waals surface area contributed by atoms with Crippen molar-refractivity contribution in [3.63, 3.8) is 0 Å². The number of hydrogen-bond donors (Lipinski definition) is 2. The topological polar surface area (TPSA) is 101 Å². The molecule has 0 spiro atoms. The van der Waals surface area contributed by atoms with E-state index < -0.39 is 11.9 Å². The largest absolute Gasteiger partial charge is 0.368 e. The van der Waals surface area contributed by atoms with Gasteiger partial charge in [-0.3, -0.25) is 19.6 Å². The maximum atomic E-state index is 12.5. The number of aromatic nitrogens is 1. The molecule has 0 aliphatic carbocycles. The summed E-state index contributed by atoms with van der Waals surface area (Å²) in [7, 11) is 0. The summed E-state index contributed by atoms with van der Waals surface area (Å²) >= 11 is 0. The van der Waals surface area contributed by atoms with Crippen LogP contribution in [0.4, 0.5) is 5.69 Å². The Bertz CT molecular complexity index is 792. The summed E-state index contributed by atoms with van der Waals surface area (Å²) in [6.45, 7) is 1.84. The van der Waals surface area contributed by atoms with Crippen molar-refractivity contribution in [3.8, 4) is 0 Å². The molecule has 1 aromatic carbocycles. The first-order valence-electron chi connectivity index (χ1n) is 7.99. The molecule has 2 amide bonds. The van der Waals surface area contributed by atoms with Crippen LogP contribution >= 0.6 is 0 Å². The Morgan fingerprint density at radius 1 is 1.20 bits per heavy atom. The molecule has 0 saturated carbocycles. The molecule has 0 fully saturated rings. The van der Waals surface area contributed by atoms with Crippen LogP contribution in [0.5, 0.6) is 0 Å². The fraction of sp³-hybridized carbons (Fsp3) is 0.222. The molecule has 1 aromatic heterocycles. The van der Waals surface area contributed by atoms with Crippen LogP contribution in [0.3, 0.4) is 0 Å². The van der Waals surface area contributed by atoms with Crippen molar-refractivity contribution in [1.82, 2.24) is 10.3 Å². The summed E-state index contributed by atoms with van der Waals surface area (Å²) in [5, 5.41) is 8.69. The van der Waals surface area contributed by atoms with E-state index in [1.807, 2.05) is 55.5 Å². The van der Waals surface area contributed by atoms with E-state index in [9.17, 15) is 9.59 Å². The Hall–Kier alpha value is -3.22. The number of nitrogens with two attached hydrogens (primary N) is 1. The number of para-hydroxylation sites is 1. The molecule has 1 aliphatic rings. The molecule has 2 atom stereocenters. The molecule has 2 aromatic rings. The maximum absolute atomic E-state index is 12.5. The van der Waals surface area contributed by atoms with Crippen molar-refractivity contribution < 1.29 is 9.59 Å². The van der Waals surface area contributed by atoms with Crippen LogP contribution in [0.2, 0.25) is 0 Å². The van der Waals surface area contributed by atoms with Gasteiger partial charge in [0.1, 0.15) is 11.8 Å². The number of rotatable bonds is 5. The molecule has 25 heavy (non-hydrogen) atoms. The zero-order valence-corrected chi connectivity index (χ0v) is 13.8. The molecule has 0 radical (unpaired) electrons. The highest BCUT2D eigenvalue weighted by molar-refractivity contribution is 6.40. The lowest BCUT2D eigenvalue weighted by Crippen LogP contribution is -2.40. The standard InChI is InChI=1S/C18H19N5O2/c1-12(14-9-5-6-10-20-14)21-18(25)15-11-16(17(19)24)23(22-15)13-7-3-2-4-8-13/h2-10,12,16H,11H2,1H3,(H2,19,24)(H,21,25)/t12-,16+/m0/s1. The minimum Gasteiger partial charge on any atom is -0.368 e. The van der Waals surface area contributed by atoms with Crippen molar-refractivity contribution in [2.75, 3.05) is 5.01 Å². The van der Waals surface area contributed by atoms with Crippen LogP contribution in [0.1, 0.15) is 25.1 Å². The summed E-state index contributed by atoms with van der Waals surface area (Å²) < 4.78 is 0. The number of pyridine rings is 1. The van der Waals surface area contributed by atoms with Gasteiger partial charge in [0, 0.05) is 12.6 Å². The number of benzene rings is 1. The van der Waals surface area contributed by atoms with Gasteiger partial charge >= 0.3 is 0 Å². The van der Waals surface area contributed by atoms with Crippen LogP contribution in [-0.2, 0) is 9.59 Å². The molecule has 0 unspecified atom stereocenters. The summed E-state index contributed by atoms with van der Waals surface area (Å²) in [4.78, 5) is 28.5. The molecule has 128 valence electrons. The number of hydrogen-bond acceptors (Lipinski definition) is 5. The quantitative estimate of drug-likeness (QED) is 0.860. The number of primary amides is 1. The highest BCUT2D eigenvalue weighted by atomic mass is 16.2. The van der Waals surface area contributed by atoms with Gasteiger partial charge in [-0.2, -0.15) is 5.10 Å². The summed E-state index contributed by atoms with van der Waals surface area (Å²) in [6.07, 6.45) is 1.84. The highest BCUT2D eigenvalue weighted by Gasteiger charge is 2.35. The highest BCUT2D eigenvalue weighted by Crippen LogP contribution is 2.24. The van der Waals surface area contributed by atoms with Crippen LogP contribution in [-0.4, -0.2) is 28.6 Å². The van der Waals surface area contributed by atoms with Gasteiger partial charge in [0.05, 0.1) is 17.4 Å². The Balaban J connectivity index is 1.77. The third-order valence-electron chi connectivity index (χ3n) is 4.00. The van der Waals surface area contributed by atoms with Crippen LogP contribution in [0, 0.1) is 0 Å². The van der Waals surface area contributed by atoms with E-state index in [0.29, 0.717) is 5.69 Å². The van der Waals surface area contributed by atoms with E-state index in [1.165, 1.54) is 5.01 Å². The minimum atomic E-state index is -0.673. The van der Waals surface area contributed by atoms with Crippen molar-refractivity contribution in [1.29, 1.82) is 0 Å². The lowest BCUT2D eigenvalue weighted by molar-refractivity contribution is -0.119. The van der Waals surface area contributed by atoms with Gasteiger partial charge in [-0.25, -0.2) is 0 Å². The van der Waals surface area contributed by atoms with Gasteiger partial charge in [0.25, 0.3) is 5.91 Å². The smallest absolute Gasteiger partial charge is 0.268 e. The molecule has 0 bridgehead atoms. The maximum Gasteiger partial charge on any atom is 0.268 e. The summed E-state index contributed by atoms with van der Waals surface area (Å²) in [5.74, 6) is -0.851. The second kappa shape index (κ2) is 7.12. The molecular weight excluding hydrogens is 318 g/mol. The lowest BCUT2D eigenvalue weighted by atomic mass is 10.1. The predicted octanol–water partition coefficient (Wildman–Crippen LogP) is 1.38. The number of hydrazone groups is 1. The summed E-state index contributed by atoms with van der Waals surface area (Å²) in [5.41, 5.74) is 7.22. The van der Waals surface area contributed by atoms with Crippen molar-refractivity contribution >= 4 is 23.2 Å². The van der Waals surface area contributed by atoms with E-state index in [1.54, 1.807) is 6.20 Å². The van der Waals surface area contributed by atoms with Gasteiger partial charge in [-0.15, -0.1) is 0 Å². The lowest BCUT2D eigenvalue weighted by Gasteiger charge is -2.20. The normalized spacial score (nSPS) is 17.7. The molecule has 0 saturated heterocycles. The number of amides is 2. The SMILES string of the molecule is C[C@H](NC(=O)C1=NN(c2ccccc2)[C@@H](C(N)=O)C1)c1ccccn1. The van der Waals surface area contributed by atoms with Gasteiger partial charge < -0.3 is 11.1 Å². The Labute approximate surface area is 145 Å². The third kappa shape index (κ3) is 3.65. The third-order valence-corrected chi connectivity index (χ3v) is 4.00. The first-order valence-corrected chi connectivity index (χ1v) is 7.99. The minimum absolute atomic E-state index is 0.172. The molecular formula is C18H19N5O2. The molecule has 7 heteroatoms. The van der Waals surface area contributed by atoms with Crippen molar-refractivity contribution in [2.45, 2.75) is 25.4 Å². The van der Waals surface area contributed by atoms with E-state index in [2.05, 4.69) is 15.4 Å². The Morgan fingerprint density at radius 3 is 2.56 bits per heavy atom. The molecule has 2 heterocycles. The molecule has 1 aliphatic heterocycles. The van der Waals surface area contributed by atoms with Gasteiger partial charge in [0.15, 0.2) is 0 Å². The van der Waals surface area contributed by atoms with E-state index >= 15 is 0 Å². The number of nitrogens with zero attached hydrogens (tertiary/aromatic N) is 3. The zero-order valence-electron chi connectivity index (χ0n) is 13.8. The van der Waals surface area contributed by atoms with E-state index in [0.717, 1.165) is 5.69 Å². The number of carbonyl (C=O) groups is 2. The number of anilines is 1. The molecule has 3 N–H and O–H groups in total. The number of carbonyl (C=O) groups excluding carboxylic acids is 2. The first kappa shape index (κ1) is 16.6. The first-order chi connectivity index (χ1) is 12.1. The van der Waals surface area contributed by atoms with E-state index in [4.69, 9.17) is 5.73 Å². The van der Waals surface area contributed by atoms with Crippen LogP contribution < -0.4 is 16.1 Å². The fourth-order valence-electron chi connectivity index (χ4n) is 2.67. The second-order valence-corrected chi connectivity index (χ2v) is 5.80. The van der Waals surface area contributed by atoms with Crippen molar-refractivity contribution in [3.05, 3.63) is 60.4 Å². The van der Waals surface area contributed by atoms with Gasteiger partial charge in [-0.1, -0.05) is 24.3 Å². The zero-order chi connectivity index (χ0) is 17.8. The van der Waals surface area contributed by atoms with Crippen molar-refractivity contribution in [2.24, 2.45) is 10.8 Å². The molecule has 7 nitrogen and oxygen atoms in total. The Morgan fingerprint density at radius 2 is 1.92 bits per heavy atom. The average Bonchev–Trinajstić information content (AvgIpc) is 3.09. The molecule has 3 rings (SSSR count). The van der Waals surface area contributed by atoms with E-state index in [-0.39, 0.29) is 24.1 Å².